The van der Waals surface area contributed by atoms with Gasteiger partial charge in [-0.3, -0.25) is 0 Å². The van der Waals surface area contributed by atoms with Crippen LogP contribution in [0.3, 0.4) is 0 Å². The van der Waals surface area contributed by atoms with Gasteiger partial charge in [0, 0.05) is 18.2 Å². The summed E-state index contributed by atoms with van der Waals surface area (Å²) in [4.78, 5) is 8.09. The molecular formula is C11H19N3O2. The molecule has 2 N–H and O–H groups in total. The Morgan fingerprint density at radius 2 is 2.19 bits per heavy atom. The summed E-state index contributed by atoms with van der Waals surface area (Å²) >= 11 is 0. The van der Waals surface area contributed by atoms with Gasteiger partial charge in [-0.2, -0.15) is 0 Å². The predicted molar refractivity (Wildman–Crippen MR) is 62.6 cm³/mol. The van der Waals surface area contributed by atoms with Gasteiger partial charge in [-0.15, -0.1) is 0 Å². The fourth-order valence-electron chi connectivity index (χ4n) is 1.32. The number of nitrogens with one attached hydrogen (secondary N) is 1. The average Bonchev–Trinajstić information content (AvgIpc) is 2.17. The first-order valence-corrected chi connectivity index (χ1v) is 5.41. The van der Waals surface area contributed by atoms with Crippen LogP contribution in [0.1, 0.15) is 27.2 Å². The Hall–Kier alpha value is -1.36. The van der Waals surface area contributed by atoms with E-state index in [0.29, 0.717) is 24.7 Å². The zero-order valence-corrected chi connectivity index (χ0v) is 10.0. The van der Waals surface area contributed by atoms with Crippen LogP contribution in [0.15, 0.2) is 12.4 Å². The Morgan fingerprint density at radius 3 is 2.81 bits per heavy atom. The van der Waals surface area contributed by atoms with Crippen LogP contribution >= 0.6 is 0 Å². The first-order chi connectivity index (χ1) is 7.57. The lowest BCUT2D eigenvalue weighted by Gasteiger charge is -2.25. The molecule has 16 heavy (non-hydrogen) atoms. The lowest BCUT2D eigenvalue weighted by atomic mass is 10.0. The van der Waals surface area contributed by atoms with Gasteiger partial charge in [-0.1, -0.05) is 0 Å². The first-order valence-electron chi connectivity index (χ1n) is 5.41. The largest absolute Gasteiger partial charge is 0.478 e. The van der Waals surface area contributed by atoms with E-state index in [2.05, 4.69) is 15.3 Å². The molecule has 0 unspecified atom stereocenters. The molecule has 1 aromatic heterocycles. The predicted octanol–water partition coefficient (Wildman–Crippen LogP) is 1.45. The van der Waals surface area contributed by atoms with Crippen LogP contribution < -0.4 is 10.1 Å². The fraction of sp³-hybridized carbons (Fsp3) is 0.636. The van der Waals surface area contributed by atoms with Crippen molar-refractivity contribution >= 4 is 5.82 Å². The summed E-state index contributed by atoms with van der Waals surface area (Å²) in [6.45, 7) is 6.64. The summed E-state index contributed by atoms with van der Waals surface area (Å²) in [5.74, 6) is 1.26. The van der Waals surface area contributed by atoms with E-state index < -0.39 is 0 Å². The Kier molecular flexibility index (Phi) is 4.49. The first kappa shape index (κ1) is 12.7. The van der Waals surface area contributed by atoms with Gasteiger partial charge >= 0.3 is 0 Å². The van der Waals surface area contributed by atoms with Gasteiger partial charge in [0.2, 0.25) is 5.88 Å². The molecule has 1 heterocycles. The van der Waals surface area contributed by atoms with Crippen molar-refractivity contribution in [1.29, 1.82) is 0 Å². The molecule has 0 saturated heterocycles. The normalized spacial score (nSPS) is 11.2. The molecule has 5 heteroatoms. The number of aromatic nitrogens is 2. The molecule has 0 aliphatic heterocycles. The average molecular weight is 225 g/mol. The molecule has 1 rings (SSSR count). The van der Waals surface area contributed by atoms with E-state index in [-0.39, 0.29) is 12.1 Å². The molecular weight excluding hydrogens is 206 g/mol. The minimum absolute atomic E-state index is 0.142. The highest BCUT2D eigenvalue weighted by molar-refractivity contribution is 5.39. The summed E-state index contributed by atoms with van der Waals surface area (Å²) in [6.07, 6.45) is 2.11. The van der Waals surface area contributed by atoms with Gasteiger partial charge in [0.15, 0.2) is 0 Å². The van der Waals surface area contributed by atoms with Crippen LogP contribution in [0.25, 0.3) is 0 Å². The maximum Gasteiger partial charge on any atom is 0.218 e. The van der Waals surface area contributed by atoms with Crippen molar-refractivity contribution < 1.29 is 9.84 Å². The maximum absolute atomic E-state index is 8.92. The molecule has 5 nitrogen and oxygen atoms in total. The number of aliphatic hydroxyl groups excluding tert-OH is 1. The summed E-state index contributed by atoms with van der Waals surface area (Å²) in [5.41, 5.74) is -0.202. The van der Waals surface area contributed by atoms with E-state index in [1.54, 1.807) is 6.07 Å². The minimum Gasteiger partial charge on any atom is -0.478 e. The van der Waals surface area contributed by atoms with Gasteiger partial charge in [0.05, 0.1) is 6.61 Å². The molecule has 0 bridgehead atoms. The smallest absolute Gasteiger partial charge is 0.218 e. The second-order valence-corrected chi connectivity index (χ2v) is 4.16. The van der Waals surface area contributed by atoms with E-state index in [4.69, 9.17) is 9.84 Å². The summed E-state index contributed by atoms with van der Waals surface area (Å²) in [7, 11) is 0. The Morgan fingerprint density at radius 1 is 1.44 bits per heavy atom. The Balaban J connectivity index is 2.69. The zero-order chi connectivity index (χ0) is 12.0. The molecule has 0 atom stereocenters. The second kappa shape index (κ2) is 5.65. The third-order valence-electron chi connectivity index (χ3n) is 2.14. The molecule has 0 aliphatic carbocycles. The van der Waals surface area contributed by atoms with Crippen molar-refractivity contribution in [1.82, 2.24) is 9.97 Å². The van der Waals surface area contributed by atoms with Crippen LogP contribution in [-0.4, -0.2) is 33.8 Å². The van der Waals surface area contributed by atoms with Crippen molar-refractivity contribution in [2.75, 3.05) is 18.5 Å². The number of hydrogen-bond acceptors (Lipinski definition) is 5. The van der Waals surface area contributed by atoms with Crippen molar-refractivity contribution in [3.8, 4) is 5.88 Å². The van der Waals surface area contributed by atoms with Crippen molar-refractivity contribution in [2.24, 2.45) is 0 Å². The third-order valence-corrected chi connectivity index (χ3v) is 2.14. The maximum atomic E-state index is 8.92. The molecule has 0 saturated carbocycles. The molecule has 1 aromatic rings. The molecule has 90 valence electrons. The zero-order valence-electron chi connectivity index (χ0n) is 10.0. The van der Waals surface area contributed by atoms with Gasteiger partial charge in [0.1, 0.15) is 12.1 Å². The third kappa shape index (κ3) is 4.02. The van der Waals surface area contributed by atoms with E-state index in [1.807, 2.05) is 20.8 Å². The van der Waals surface area contributed by atoms with Crippen LogP contribution in [0.2, 0.25) is 0 Å². The van der Waals surface area contributed by atoms with Gasteiger partial charge < -0.3 is 15.2 Å². The lowest BCUT2D eigenvalue weighted by Crippen LogP contribution is -2.32. The van der Waals surface area contributed by atoms with Gasteiger partial charge in [-0.25, -0.2) is 9.97 Å². The van der Waals surface area contributed by atoms with Crippen LogP contribution in [-0.2, 0) is 0 Å². The molecule has 0 fully saturated rings. The highest BCUT2D eigenvalue weighted by Crippen LogP contribution is 2.18. The lowest BCUT2D eigenvalue weighted by molar-refractivity contribution is 0.260. The number of anilines is 1. The van der Waals surface area contributed by atoms with E-state index >= 15 is 0 Å². The number of nitrogens with zero attached hydrogens (tertiary/aromatic N) is 2. The second-order valence-electron chi connectivity index (χ2n) is 4.16. The Bertz CT molecular complexity index is 329. The molecule has 0 amide bonds. The molecule has 0 spiro atoms. The summed E-state index contributed by atoms with van der Waals surface area (Å²) < 4.78 is 5.28. The van der Waals surface area contributed by atoms with Crippen molar-refractivity contribution in [3.63, 3.8) is 0 Å². The van der Waals surface area contributed by atoms with Gasteiger partial charge in [0.25, 0.3) is 0 Å². The number of hydrogen-bond donors (Lipinski definition) is 2. The van der Waals surface area contributed by atoms with Crippen LogP contribution in [0.4, 0.5) is 5.82 Å². The fourth-order valence-corrected chi connectivity index (χ4v) is 1.32. The van der Waals surface area contributed by atoms with Crippen molar-refractivity contribution in [2.45, 2.75) is 32.7 Å². The van der Waals surface area contributed by atoms with Crippen LogP contribution in [0, 0.1) is 0 Å². The van der Waals surface area contributed by atoms with Crippen LogP contribution in [0.5, 0.6) is 5.88 Å². The SMILES string of the molecule is CCOc1cc(NC(C)(C)CCO)ncn1. The number of rotatable bonds is 6. The quantitative estimate of drug-likeness (QED) is 0.767. The highest BCUT2D eigenvalue weighted by atomic mass is 16.5. The number of aliphatic hydroxyl groups is 1. The van der Waals surface area contributed by atoms with Crippen molar-refractivity contribution in [3.05, 3.63) is 12.4 Å². The van der Waals surface area contributed by atoms with E-state index in [1.165, 1.54) is 6.33 Å². The molecule has 0 aliphatic rings. The summed E-state index contributed by atoms with van der Waals surface area (Å²) in [6, 6.07) is 1.75. The monoisotopic (exact) mass is 225 g/mol. The van der Waals surface area contributed by atoms with E-state index in [0.717, 1.165) is 0 Å². The topological polar surface area (TPSA) is 67.3 Å². The highest BCUT2D eigenvalue weighted by Gasteiger charge is 2.17. The van der Waals surface area contributed by atoms with Gasteiger partial charge in [-0.05, 0) is 27.2 Å². The molecule has 0 radical (unpaired) electrons. The Labute approximate surface area is 95.9 Å². The summed E-state index contributed by atoms with van der Waals surface area (Å²) in [5, 5.41) is 12.1. The molecule has 0 aromatic carbocycles. The standard InChI is InChI=1S/C11H19N3O2/c1-4-16-10-7-9(12-8-13-10)14-11(2,3)5-6-15/h7-8,15H,4-6H2,1-3H3,(H,12,13,14). The minimum atomic E-state index is -0.202. The van der Waals surface area contributed by atoms with E-state index in [9.17, 15) is 0 Å². The number of ether oxygens (including phenoxy) is 1.